The van der Waals surface area contributed by atoms with Gasteiger partial charge in [-0.15, -0.1) is 0 Å². The van der Waals surface area contributed by atoms with Gasteiger partial charge in [0, 0.05) is 11.5 Å². The Hall–Kier alpha value is -0.560. The predicted octanol–water partition coefficient (Wildman–Crippen LogP) is 4.66. The second-order valence-electron chi connectivity index (χ2n) is 6.16. The number of rotatable bonds is 6. The molecule has 1 aliphatic rings. The van der Waals surface area contributed by atoms with Crippen LogP contribution in [-0.2, 0) is 4.79 Å². The topological polar surface area (TPSA) is 48.4 Å². The molecule has 0 aliphatic heterocycles. The molecule has 0 saturated heterocycles. The Morgan fingerprint density at radius 2 is 2.18 bits per heavy atom. The van der Waals surface area contributed by atoms with Crippen LogP contribution in [0.4, 0.5) is 0 Å². The van der Waals surface area contributed by atoms with Crippen LogP contribution in [0.2, 0.25) is 5.15 Å². The van der Waals surface area contributed by atoms with Crippen molar-refractivity contribution in [2.45, 2.75) is 52.6 Å². The highest BCUT2D eigenvalue weighted by atomic mass is 127. The van der Waals surface area contributed by atoms with Crippen LogP contribution < -0.4 is 9.47 Å². The quantitative estimate of drug-likeness (QED) is 0.369. The predicted molar refractivity (Wildman–Crippen MR) is 94.8 cm³/mol. The van der Waals surface area contributed by atoms with E-state index in [4.69, 9.17) is 21.1 Å². The fourth-order valence-corrected chi connectivity index (χ4v) is 3.25. The molecule has 0 aromatic carbocycles. The first-order chi connectivity index (χ1) is 10.3. The summed E-state index contributed by atoms with van der Waals surface area (Å²) in [6.45, 7) is 6.61. The lowest BCUT2D eigenvalue weighted by atomic mass is 9.91. The SMILES string of the molecule is CCCCOc1cc(OC2CCC(C)(C)C2=O)c(I)nc1Cl. The molecule has 1 aromatic rings. The Morgan fingerprint density at radius 3 is 2.77 bits per heavy atom. The molecule has 2 rings (SSSR count). The fourth-order valence-electron chi connectivity index (χ4n) is 2.39. The number of ether oxygens (including phenoxy) is 2. The zero-order chi connectivity index (χ0) is 16.3. The lowest BCUT2D eigenvalue weighted by molar-refractivity contribution is -0.129. The van der Waals surface area contributed by atoms with Crippen molar-refractivity contribution in [3.8, 4) is 11.5 Å². The van der Waals surface area contributed by atoms with Crippen LogP contribution in [0.5, 0.6) is 11.5 Å². The molecule has 0 radical (unpaired) electrons. The van der Waals surface area contributed by atoms with Crippen LogP contribution in [0.15, 0.2) is 6.07 Å². The maximum absolute atomic E-state index is 12.3. The van der Waals surface area contributed by atoms with Gasteiger partial charge < -0.3 is 9.47 Å². The molecule has 6 heteroatoms. The summed E-state index contributed by atoms with van der Waals surface area (Å²) in [7, 11) is 0. The van der Waals surface area contributed by atoms with Gasteiger partial charge in [0.2, 0.25) is 0 Å². The van der Waals surface area contributed by atoms with E-state index < -0.39 is 6.10 Å². The van der Waals surface area contributed by atoms with Gasteiger partial charge in [-0.3, -0.25) is 4.79 Å². The van der Waals surface area contributed by atoms with E-state index >= 15 is 0 Å². The van der Waals surface area contributed by atoms with E-state index in [-0.39, 0.29) is 11.2 Å². The van der Waals surface area contributed by atoms with Gasteiger partial charge in [-0.25, -0.2) is 4.98 Å². The second-order valence-corrected chi connectivity index (χ2v) is 7.54. The number of ketones is 1. The minimum atomic E-state index is -0.407. The minimum Gasteiger partial charge on any atom is -0.490 e. The van der Waals surface area contributed by atoms with Crippen molar-refractivity contribution in [1.82, 2.24) is 4.98 Å². The molecular weight excluding hydrogens is 417 g/mol. The van der Waals surface area contributed by atoms with Gasteiger partial charge in [0.05, 0.1) is 6.61 Å². The number of unbranched alkanes of at least 4 members (excludes halogenated alkanes) is 1. The van der Waals surface area contributed by atoms with Crippen LogP contribution in [-0.4, -0.2) is 23.5 Å². The van der Waals surface area contributed by atoms with Gasteiger partial charge in [0.25, 0.3) is 0 Å². The average molecular weight is 438 g/mol. The molecule has 1 fully saturated rings. The van der Waals surface area contributed by atoms with Gasteiger partial charge >= 0.3 is 0 Å². The first-order valence-corrected chi connectivity index (χ1v) is 9.00. The smallest absolute Gasteiger partial charge is 0.178 e. The fraction of sp³-hybridized carbons (Fsp3) is 0.625. The molecule has 1 aliphatic carbocycles. The van der Waals surface area contributed by atoms with Crippen molar-refractivity contribution in [2.75, 3.05) is 6.61 Å². The Balaban J connectivity index is 2.13. The molecule has 1 saturated carbocycles. The van der Waals surface area contributed by atoms with Crippen molar-refractivity contribution in [3.63, 3.8) is 0 Å². The maximum atomic E-state index is 12.3. The Morgan fingerprint density at radius 1 is 1.45 bits per heavy atom. The average Bonchev–Trinajstić information content (AvgIpc) is 2.70. The summed E-state index contributed by atoms with van der Waals surface area (Å²) in [5, 5.41) is 0.325. The first-order valence-electron chi connectivity index (χ1n) is 7.55. The molecule has 1 unspecified atom stereocenters. The standard InChI is InChI=1S/C16H21ClINO3/c1-4-5-8-21-11-9-12(15(18)19-14(11)17)22-10-6-7-16(2,3)13(10)20/h9-10H,4-8H2,1-3H3. The summed E-state index contributed by atoms with van der Waals surface area (Å²) in [6.07, 6.45) is 3.16. The molecule has 1 heterocycles. The van der Waals surface area contributed by atoms with Crippen molar-refractivity contribution in [3.05, 3.63) is 14.9 Å². The molecule has 1 aromatic heterocycles. The number of hydrogen-bond acceptors (Lipinski definition) is 4. The molecule has 4 nitrogen and oxygen atoms in total. The highest BCUT2D eigenvalue weighted by Gasteiger charge is 2.42. The largest absolute Gasteiger partial charge is 0.490 e. The first kappa shape index (κ1) is 17.8. The van der Waals surface area contributed by atoms with Gasteiger partial charge in [0.15, 0.2) is 28.5 Å². The van der Waals surface area contributed by atoms with Crippen molar-refractivity contribution >= 4 is 40.0 Å². The minimum absolute atomic E-state index is 0.145. The number of halogens is 2. The number of Topliss-reactive ketones (excluding diaryl/α,β-unsaturated/α-hetero) is 1. The molecular formula is C16H21ClINO3. The zero-order valence-electron chi connectivity index (χ0n) is 13.1. The van der Waals surface area contributed by atoms with Crippen LogP contribution in [0.1, 0.15) is 46.5 Å². The Kier molecular flexibility index (Phi) is 5.94. The number of pyridine rings is 1. The lowest BCUT2D eigenvalue weighted by Gasteiger charge is -2.18. The number of aromatic nitrogens is 1. The maximum Gasteiger partial charge on any atom is 0.178 e. The number of nitrogens with zero attached hydrogens (tertiary/aromatic N) is 1. The van der Waals surface area contributed by atoms with E-state index in [1.165, 1.54) is 0 Å². The Bertz CT molecular complexity index is 563. The van der Waals surface area contributed by atoms with Gasteiger partial charge in [0.1, 0.15) is 3.70 Å². The summed E-state index contributed by atoms with van der Waals surface area (Å²) >= 11 is 8.17. The van der Waals surface area contributed by atoms with Gasteiger partial charge in [-0.05, 0) is 41.9 Å². The monoisotopic (exact) mass is 437 g/mol. The lowest BCUT2D eigenvalue weighted by Crippen LogP contribution is -2.29. The van der Waals surface area contributed by atoms with Crippen LogP contribution >= 0.6 is 34.2 Å². The molecule has 0 N–H and O–H groups in total. The number of carbonyl (C=O) groups is 1. The normalized spacial score (nSPS) is 20.2. The number of hydrogen-bond donors (Lipinski definition) is 0. The van der Waals surface area contributed by atoms with Gasteiger partial charge in [-0.1, -0.05) is 38.8 Å². The van der Waals surface area contributed by atoms with Crippen LogP contribution in [0, 0.1) is 9.12 Å². The van der Waals surface area contributed by atoms with E-state index in [9.17, 15) is 4.79 Å². The van der Waals surface area contributed by atoms with E-state index in [0.29, 0.717) is 27.0 Å². The van der Waals surface area contributed by atoms with Crippen LogP contribution in [0.3, 0.4) is 0 Å². The Labute approximate surface area is 150 Å². The second kappa shape index (κ2) is 7.34. The summed E-state index contributed by atoms with van der Waals surface area (Å²) in [6, 6.07) is 1.74. The molecule has 122 valence electrons. The van der Waals surface area contributed by atoms with Crippen molar-refractivity contribution < 1.29 is 14.3 Å². The molecule has 0 spiro atoms. The summed E-state index contributed by atoms with van der Waals surface area (Å²) in [5.41, 5.74) is -0.309. The molecule has 0 bridgehead atoms. The zero-order valence-corrected chi connectivity index (χ0v) is 16.0. The van der Waals surface area contributed by atoms with Crippen molar-refractivity contribution in [1.29, 1.82) is 0 Å². The summed E-state index contributed by atoms with van der Waals surface area (Å²) in [5.74, 6) is 1.22. The van der Waals surface area contributed by atoms with E-state index in [0.717, 1.165) is 25.7 Å². The summed E-state index contributed by atoms with van der Waals surface area (Å²) < 4.78 is 12.2. The third-order valence-corrected chi connectivity index (χ3v) is 4.92. The third-order valence-electron chi connectivity index (χ3n) is 3.88. The third kappa shape index (κ3) is 4.04. The van der Waals surface area contributed by atoms with Crippen LogP contribution in [0.25, 0.3) is 0 Å². The van der Waals surface area contributed by atoms with Gasteiger partial charge in [-0.2, -0.15) is 0 Å². The van der Waals surface area contributed by atoms with E-state index in [1.807, 2.05) is 13.8 Å². The number of carbonyl (C=O) groups excluding carboxylic acids is 1. The highest BCUT2D eigenvalue weighted by Crippen LogP contribution is 2.38. The summed E-state index contributed by atoms with van der Waals surface area (Å²) in [4.78, 5) is 16.5. The van der Waals surface area contributed by atoms with E-state index in [2.05, 4.69) is 34.5 Å². The molecule has 1 atom stereocenters. The molecule has 0 amide bonds. The molecule has 22 heavy (non-hydrogen) atoms. The highest BCUT2D eigenvalue weighted by molar-refractivity contribution is 14.1. The van der Waals surface area contributed by atoms with E-state index in [1.54, 1.807) is 6.07 Å². The van der Waals surface area contributed by atoms with Crippen molar-refractivity contribution in [2.24, 2.45) is 5.41 Å².